The molecule has 2 saturated heterocycles. The fraction of sp³-hybridized carbons (Fsp3) is 0.629. The molecule has 11 nitrogen and oxygen atoms in total. The zero-order valence-corrected chi connectivity index (χ0v) is 28.3. The molecule has 0 radical (unpaired) electrons. The Hall–Kier alpha value is -3.48. The van der Waals surface area contributed by atoms with Crippen molar-refractivity contribution in [1.29, 1.82) is 0 Å². The highest BCUT2D eigenvalue weighted by Crippen LogP contribution is 2.28. The number of amides is 2. The zero-order valence-electron chi connectivity index (χ0n) is 28.3. The van der Waals surface area contributed by atoms with E-state index in [2.05, 4.69) is 4.90 Å². The molecule has 47 heavy (non-hydrogen) atoms. The van der Waals surface area contributed by atoms with Gasteiger partial charge in [-0.3, -0.25) is 9.59 Å². The fourth-order valence-electron chi connectivity index (χ4n) is 6.29. The van der Waals surface area contributed by atoms with Crippen LogP contribution in [-0.4, -0.2) is 127 Å². The SMILES string of the molecule is C/C(=C\c1cc(F)cc(N2CCN(C(=O)C(C)O)CC2)c1)[C@H]1OC(=O)C[C@@H](O)CC[C@@H](C)[C@@H](OC(=O)N2CCN(C)CC2)/C=C/[C@@H]1C. The van der Waals surface area contributed by atoms with Crippen molar-refractivity contribution in [3.05, 3.63) is 47.3 Å². The number of carbonyl (C=O) groups is 3. The third-order valence-corrected chi connectivity index (χ3v) is 9.32. The van der Waals surface area contributed by atoms with Crippen LogP contribution in [0.25, 0.3) is 6.08 Å². The zero-order chi connectivity index (χ0) is 34.2. The van der Waals surface area contributed by atoms with Crippen LogP contribution in [0.1, 0.15) is 52.5 Å². The number of piperazine rings is 2. The van der Waals surface area contributed by atoms with Crippen molar-refractivity contribution in [2.24, 2.45) is 11.8 Å². The van der Waals surface area contributed by atoms with Gasteiger partial charge < -0.3 is 39.3 Å². The van der Waals surface area contributed by atoms with Crippen LogP contribution >= 0.6 is 0 Å². The minimum Gasteiger partial charge on any atom is -0.457 e. The number of hydrogen-bond acceptors (Lipinski definition) is 9. The maximum absolute atomic E-state index is 14.9. The highest BCUT2D eigenvalue weighted by atomic mass is 19.1. The lowest BCUT2D eigenvalue weighted by atomic mass is 9.91. The van der Waals surface area contributed by atoms with Crippen molar-refractivity contribution < 1.29 is 38.5 Å². The highest BCUT2D eigenvalue weighted by molar-refractivity contribution is 5.80. The summed E-state index contributed by atoms with van der Waals surface area (Å²) in [5.74, 6) is -1.68. The number of likely N-dealkylation sites (N-methyl/N-ethyl adjacent to an activating group) is 1. The molecule has 0 spiro atoms. The number of rotatable bonds is 5. The summed E-state index contributed by atoms with van der Waals surface area (Å²) in [6.45, 7) is 11.7. The van der Waals surface area contributed by atoms with Gasteiger partial charge in [0.2, 0.25) is 0 Å². The quantitative estimate of drug-likeness (QED) is 0.363. The summed E-state index contributed by atoms with van der Waals surface area (Å²) in [5, 5.41) is 20.3. The van der Waals surface area contributed by atoms with E-state index in [-0.39, 0.29) is 30.3 Å². The number of ether oxygens (including phenoxy) is 2. The molecule has 2 fully saturated rings. The molecule has 1 aromatic rings. The van der Waals surface area contributed by atoms with Crippen molar-refractivity contribution in [2.75, 3.05) is 64.3 Å². The third kappa shape index (κ3) is 10.3. The van der Waals surface area contributed by atoms with Gasteiger partial charge in [-0.15, -0.1) is 0 Å². The Morgan fingerprint density at radius 3 is 2.32 bits per heavy atom. The summed E-state index contributed by atoms with van der Waals surface area (Å²) in [5.41, 5.74) is 1.94. The average Bonchev–Trinajstić information content (AvgIpc) is 3.03. The maximum atomic E-state index is 14.9. The minimum absolute atomic E-state index is 0.0900. The molecule has 12 heteroatoms. The van der Waals surface area contributed by atoms with Crippen molar-refractivity contribution in [3.63, 3.8) is 0 Å². The number of nitrogens with zero attached hydrogens (tertiary/aromatic N) is 4. The topological polar surface area (TPSA) is 123 Å². The number of halogens is 1. The van der Waals surface area contributed by atoms with Gasteiger partial charge in [-0.1, -0.05) is 26.0 Å². The Kier molecular flexibility index (Phi) is 12.8. The van der Waals surface area contributed by atoms with E-state index in [0.717, 1.165) is 13.1 Å². The Bertz CT molecular complexity index is 1300. The number of carbonyl (C=O) groups excluding carboxylic acids is 3. The number of cyclic esters (lactones) is 1. The lowest BCUT2D eigenvalue weighted by Crippen LogP contribution is -2.51. The molecule has 0 aromatic heterocycles. The van der Waals surface area contributed by atoms with E-state index in [1.54, 1.807) is 15.9 Å². The van der Waals surface area contributed by atoms with E-state index in [1.165, 1.54) is 19.1 Å². The first-order valence-electron chi connectivity index (χ1n) is 16.7. The van der Waals surface area contributed by atoms with Crippen LogP contribution < -0.4 is 4.90 Å². The molecule has 0 bridgehead atoms. The molecular weight excluding hydrogens is 607 g/mol. The standard InChI is InChI=1S/C35H51FN4O7/c1-23-6-8-30(42)22-32(43)47-33(24(2)7-9-31(23)46-35(45)40-12-10-37(5)11-13-40)25(3)18-27-19-28(36)21-29(20-27)38-14-16-39(17-15-38)34(44)26(4)41/h7,9,18-21,23-24,26,30-31,33,41-42H,6,8,10-17,22H2,1-5H3/b9-7+,25-18+/t23-,24+,26?,30+,31+,33+/m1/s1. The Labute approximate surface area is 277 Å². The highest BCUT2D eigenvalue weighted by Gasteiger charge is 2.29. The van der Waals surface area contributed by atoms with Crippen molar-refractivity contribution in [1.82, 2.24) is 14.7 Å². The number of aliphatic hydroxyl groups is 2. The van der Waals surface area contributed by atoms with Crippen LogP contribution in [0.3, 0.4) is 0 Å². The van der Waals surface area contributed by atoms with E-state index in [1.807, 2.05) is 50.9 Å². The normalized spacial score (nSPS) is 28.5. The Morgan fingerprint density at radius 2 is 1.66 bits per heavy atom. The van der Waals surface area contributed by atoms with Crippen LogP contribution in [-0.2, 0) is 19.1 Å². The third-order valence-electron chi connectivity index (χ3n) is 9.32. The number of benzene rings is 1. The monoisotopic (exact) mass is 658 g/mol. The van der Waals surface area contributed by atoms with Gasteiger partial charge in [0.05, 0.1) is 12.5 Å². The first-order chi connectivity index (χ1) is 22.3. The molecule has 2 N–H and O–H groups in total. The van der Waals surface area contributed by atoms with Crippen molar-refractivity contribution in [2.45, 2.75) is 71.4 Å². The molecule has 3 heterocycles. The van der Waals surface area contributed by atoms with Crippen LogP contribution in [0.2, 0.25) is 0 Å². The molecular formula is C35H51FN4O7. The molecule has 6 atom stereocenters. The summed E-state index contributed by atoms with van der Waals surface area (Å²) in [6.07, 6.45) is 2.73. The van der Waals surface area contributed by atoms with Gasteiger partial charge in [0.15, 0.2) is 0 Å². The minimum atomic E-state index is -1.06. The molecule has 1 aromatic carbocycles. The summed E-state index contributed by atoms with van der Waals surface area (Å²) in [6, 6.07) is 4.72. The van der Waals surface area contributed by atoms with Gasteiger partial charge in [-0.05, 0) is 75.1 Å². The molecule has 3 aliphatic rings. The first-order valence-corrected chi connectivity index (χ1v) is 16.7. The van der Waals surface area contributed by atoms with Crippen molar-refractivity contribution in [3.8, 4) is 0 Å². The van der Waals surface area contributed by atoms with Crippen LogP contribution in [0.15, 0.2) is 35.9 Å². The fourth-order valence-corrected chi connectivity index (χ4v) is 6.29. The largest absolute Gasteiger partial charge is 0.457 e. The molecule has 0 saturated carbocycles. The van der Waals surface area contributed by atoms with Crippen LogP contribution in [0.4, 0.5) is 14.9 Å². The predicted molar refractivity (Wildman–Crippen MR) is 177 cm³/mol. The molecule has 2 amide bonds. The van der Waals surface area contributed by atoms with E-state index >= 15 is 0 Å². The second-order valence-corrected chi connectivity index (χ2v) is 13.3. The second-order valence-electron chi connectivity index (χ2n) is 13.3. The lowest BCUT2D eigenvalue weighted by Gasteiger charge is -2.36. The number of anilines is 1. The summed E-state index contributed by atoms with van der Waals surface area (Å²) in [4.78, 5) is 45.6. The van der Waals surface area contributed by atoms with Gasteiger partial charge >= 0.3 is 12.1 Å². The molecule has 260 valence electrons. The van der Waals surface area contributed by atoms with Gasteiger partial charge in [0.1, 0.15) is 24.1 Å². The molecule has 4 rings (SSSR count). The smallest absolute Gasteiger partial charge is 0.410 e. The number of hydrogen-bond donors (Lipinski definition) is 2. The lowest BCUT2D eigenvalue weighted by molar-refractivity contribution is -0.151. The second kappa shape index (κ2) is 16.6. The summed E-state index contributed by atoms with van der Waals surface area (Å²) < 4.78 is 26.8. The summed E-state index contributed by atoms with van der Waals surface area (Å²) in [7, 11) is 2.02. The average molecular weight is 659 g/mol. The van der Waals surface area contributed by atoms with Crippen LogP contribution in [0.5, 0.6) is 0 Å². The molecule has 3 aliphatic heterocycles. The van der Waals surface area contributed by atoms with Gasteiger partial charge in [0.25, 0.3) is 5.91 Å². The van der Waals surface area contributed by atoms with E-state index < -0.39 is 36.2 Å². The van der Waals surface area contributed by atoms with Gasteiger partial charge in [-0.2, -0.15) is 0 Å². The van der Waals surface area contributed by atoms with Crippen molar-refractivity contribution >= 4 is 29.7 Å². The van der Waals surface area contributed by atoms with Crippen LogP contribution in [0, 0.1) is 17.7 Å². The van der Waals surface area contributed by atoms with E-state index in [4.69, 9.17) is 9.47 Å². The van der Waals surface area contributed by atoms with E-state index in [9.17, 15) is 29.0 Å². The van der Waals surface area contributed by atoms with Gasteiger partial charge in [0, 0.05) is 64.0 Å². The number of aliphatic hydroxyl groups excluding tert-OH is 2. The first kappa shape index (κ1) is 36.4. The molecule has 0 aliphatic carbocycles. The predicted octanol–water partition coefficient (Wildman–Crippen LogP) is 3.30. The Balaban J connectivity index is 1.53. The molecule has 1 unspecified atom stereocenters. The number of esters is 1. The van der Waals surface area contributed by atoms with E-state index in [0.29, 0.717) is 68.9 Å². The maximum Gasteiger partial charge on any atom is 0.410 e. The van der Waals surface area contributed by atoms with Gasteiger partial charge in [-0.25, -0.2) is 9.18 Å². The summed E-state index contributed by atoms with van der Waals surface area (Å²) >= 11 is 0. The Morgan fingerprint density at radius 1 is 1.00 bits per heavy atom.